The summed E-state index contributed by atoms with van der Waals surface area (Å²) in [6.45, 7) is 6.28. The minimum absolute atomic E-state index is 0.163. The molecule has 0 saturated carbocycles. The maximum absolute atomic E-state index is 12.0. The van der Waals surface area contributed by atoms with E-state index in [4.69, 9.17) is 0 Å². The van der Waals surface area contributed by atoms with E-state index in [0.717, 1.165) is 0 Å². The summed E-state index contributed by atoms with van der Waals surface area (Å²) < 4.78 is 6.15. The lowest BCUT2D eigenvalue weighted by molar-refractivity contribution is -0.141. The first-order valence-electron chi connectivity index (χ1n) is 5.85. The maximum Gasteiger partial charge on any atom is 0.328 e. The van der Waals surface area contributed by atoms with Gasteiger partial charge in [0.05, 0.1) is 7.11 Å². The SMILES string of the molecule is COC(=O)C(C)Nc1nccn(CC(C)C)c1=O. The number of rotatable bonds is 5. The summed E-state index contributed by atoms with van der Waals surface area (Å²) in [6.07, 6.45) is 3.17. The van der Waals surface area contributed by atoms with Crippen molar-refractivity contribution in [2.45, 2.75) is 33.4 Å². The maximum atomic E-state index is 12.0. The third-order valence-electron chi connectivity index (χ3n) is 2.38. The molecule has 0 amide bonds. The fourth-order valence-corrected chi connectivity index (χ4v) is 1.52. The average molecular weight is 253 g/mol. The molecule has 0 aromatic carbocycles. The summed E-state index contributed by atoms with van der Waals surface area (Å²) in [7, 11) is 1.30. The number of hydrogen-bond acceptors (Lipinski definition) is 5. The molecule has 1 rings (SSSR count). The molecule has 1 atom stereocenters. The number of hydrogen-bond donors (Lipinski definition) is 1. The lowest BCUT2D eigenvalue weighted by Crippen LogP contribution is -2.33. The van der Waals surface area contributed by atoms with Gasteiger partial charge in [-0.15, -0.1) is 0 Å². The van der Waals surface area contributed by atoms with Crippen LogP contribution in [0, 0.1) is 5.92 Å². The van der Waals surface area contributed by atoms with Gasteiger partial charge in [0.2, 0.25) is 0 Å². The minimum Gasteiger partial charge on any atom is -0.467 e. The molecule has 0 aliphatic heterocycles. The van der Waals surface area contributed by atoms with Crippen LogP contribution >= 0.6 is 0 Å². The molecule has 0 spiro atoms. The predicted octanol–water partition coefficient (Wildman–Crippen LogP) is 0.873. The van der Waals surface area contributed by atoms with Crippen molar-refractivity contribution in [1.82, 2.24) is 9.55 Å². The van der Waals surface area contributed by atoms with E-state index < -0.39 is 12.0 Å². The number of carbonyl (C=O) groups is 1. The van der Waals surface area contributed by atoms with Crippen molar-refractivity contribution in [3.8, 4) is 0 Å². The summed E-state index contributed by atoms with van der Waals surface area (Å²) in [6, 6.07) is -0.606. The first kappa shape index (κ1) is 14.2. The van der Waals surface area contributed by atoms with E-state index in [9.17, 15) is 9.59 Å². The largest absolute Gasteiger partial charge is 0.467 e. The van der Waals surface area contributed by atoms with Crippen LogP contribution in [0.15, 0.2) is 17.2 Å². The second-order valence-electron chi connectivity index (χ2n) is 4.52. The number of anilines is 1. The van der Waals surface area contributed by atoms with Gasteiger partial charge in [0.15, 0.2) is 5.82 Å². The zero-order valence-electron chi connectivity index (χ0n) is 11.1. The Hall–Kier alpha value is -1.85. The molecule has 18 heavy (non-hydrogen) atoms. The van der Waals surface area contributed by atoms with Crippen molar-refractivity contribution in [2.24, 2.45) is 5.92 Å². The van der Waals surface area contributed by atoms with Crippen LogP contribution in [-0.2, 0) is 16.1 Å². The molecule has 1 heterocycles. The van der Waals surface area contributed by atoms with Gasteiger partial charge in [-0.25, -0.2) is 9.78 Å². The van der Waals surface area contributed by atoms with Crippen LogP contribution < -0.4 is 10.9 Å². The third kappa shape index (κ3) is 3.58. The Balaban J connectivity index is 2.90. The predicted molar refractivity (Wildman–Crippen MR) is 68.4 cm³/mol. The van der Waals surface area contributed by atoms with Crippen LogP contribution in [0.2, 0.25) is 0 Å². The standard InChI is InChI=1S/C12H19N3O3/c1-8(2)7-15-6-5-13-10(11(15)16)14-9(3)12(17)18-4/h5-6,8-9H,7H2,1-4H3,(H,13,14). The molecule has 0 fully saturated rings. The Bertz CT molecular complexity index is 468. The van der Waals surface area contributed by atoms with Crippen LogP contribution in [0.4, 0.5) is 5.82 Å². The number of nitrogens with zero attached hydrogens (tertiary/aromatic N) is 2. The molecule has 1 aromatic rings. The van der Waals surface area contributed by atoms with E-state index in [2.05, 4.69) is 15.0 Å². The van der Waals surface area contributed by atoms with E-state index in [1.807, 2.05) is 13.8 Å². The van der Waals surface area contributed by atoms with Crippen LogP contribution in [0.5, 0.6) is 0 Å². The molecule has 0 radical (unpaired) electrons. The smallest absolute Gasteiger partial charge is 0.328 e. The number of nitrogens with one attached hydrogen (secondary N) is 1. The van der Waals surface area contributed by atoms with Gasteiger partial charge < -0.3 is 14.6 Å². The van der Waals surface area contributed by atoms with Crippen LogP contribution in [0.25, 0.3) is 0 Å². The molecule has 0 bridgehead atoms. The summed E-state index contributed by atoms with van der Waals surface area (Å²) in [5.74, 6) is 0.0856. The van der Waals surface area contributed by atoms with Gasteiger partial charge in [-0.3, -0.25) is 4.79 Å². The van der Waals surface area contributed by atoms with Crippen molar-refractivity contribution in [3.63, 3.8) is 0 Å². The monoisotopic (exact) mass is 253 g/mol. The molecular weight excluding hydrogens is 234 g/mol. The minimum atomic E-state index is -0.606. The zero-order chi connectivity index (χ0) is 13.7. The Kier molecular flexibility index (Phi) is 4.88. The fourth-order valence-electron chi connectivity index (χ4n) is 1.52. The molecule has 6 nitrogen and oxygen atoms in total. The van der Waals surface area contributed by atoms with Crippen molar-refractivity contribution in [3.05, 3.63) is 22.7 Å². The lowest BCUT2D eigenvalue weighted by atomic mass is 10.2. The highest BCUT2D eigenvalue weighted by molar-refractivity contribution is 5.78. The normalized spacial score (nSPS) is 12.3. The van der Waals surface area contributed by atoms with Crippen LogP contribution in [-0.4, -0.2) is 28.7 Å². The molecule has 6 heteroatoms. The summed E-state index contributed by atoms with van der Waals surface area (Å²) in [5.41, 5.74) is -0.234. The van der Waals surface area contributed by atoms with Gasteiger partial charge in [-0.1, -0.05) is 13.8 Å². The van der Waals surface area contributed by atoms with Crippen LogP contribution in [0.1, 0.15) is 20.8 Å². The Morgan fingerprint density at radius 3 is 2.72 bits per heavy atom. The molecule has 100 valence electrons. The number of esters is 1. The van der Waals surface area contributed by atoms with Gasteiger partial charge in [0.1, 0.15) is 6.04 Å². The molecule has 1 unspecified atom stereocenters. The molecule has 0 saturated heterocycles. The van der Waals surface area contributed by atoms with Crippen molar-refractivity contribution in [1.29, 1.82) is 0 Å². The highest BCUT2D eigenvalue weighted by Gasteiger charge is 2.15. The van der Waals surface area contributed by atoms with Crippen LogP contribution in [0.3, 0.4) is 0 Å². The quantitative estimate of drug-likeness (QED) is 0.788. The van der Waals surface area contributed by atoms with Gasteiger partial charge in [0, 0.05) is 18.9 Å². The molecule has 0 aliphatic carbocycles. The third-order valence-corrected chi connectivity index (χ3v) is 2.38. The van der Waals surface area contributed by atoms with E-state index in [0.29, 0.717) is 12.5 Å². The van der Waals surface area contributed by atoms with E-state index >= 15 is 0 Å². The number of ether oxygens (including phenoxy) is 1. The van der Waals surface area contributed by atoms with Crippen molar-refractivity contribution < 1.29 is 9.53 Å². The molecule has 0 aliphatic rings. The van der Waals surface area contributed by atoms with E-state index in [-0.39, 0.29) is 11.4 Å². The second-order valence-corrected chi connectivity index (χ2v) is 4.52. The molecule has 1 N–H and O–H groups in total. The topological polar surface area (TPSA) is 73.2 Å². The van der Waals surface area contributed by atoms with E-state index in [1.54, 1.807) is 17.7 Å². The van der Waals surface area contributed by atoms with Gasteiger partial charge in [-0.05, 0) is 12.8 Å². The number of methoxy groups -OCH3 is 1. The molecule has 1 aromatic heterocycles. The van der Waals surface area contributed by atoms with Crippen molar-refractivity contribution >= 4 is 11.8 Å². The van der Waals surface area contributed by atoms with Gasteiger partial charge >= 0.3 is 5.97 Å². The second kappa shape index (κ2) is 6.18. The molecular formula is C12H19N3O3. The average Bonchev–Trinajstić information content (AvgIpc) is 2.32. The van der Waals surface area contributed by atoms with Gasteiger partial charge in [-0.2, -0.15) is 0 Å². The first-order valence-corrected chi connectivity index (χ1v) is 5.85. The highest BCUT2D eigenvalue weighted by Crippen LogP contribution is 2.01. The Morgan fingerprint density at radius 2 is 2.17 bits per heavy atom. The fraction of sp³-hybridized carbons (Fsp3) is 0.583. The summed E-state index contributed by atoms with van der Waals surface area (Å²) >= 11 is 0. The van der Waals surface area contributed by atoms with Gasteiger partial charge in [0.25, 0.3) is 5.56 Å². The van der Waals surface area contributed by atoms with E-state index in [1.165, 1.54) is 13.3 Å². The highest BCUT2D eigenvalue weighted by atomic mass is 16.5. The zero-order valence-corrected chi connectivity index (χ0v) is 11.1. The number of carbonyl (C=O) groups excluding carboxylic acids is 1. The van der Waals surface area contributed by atoms with Crippen molar-refractivity contribution in [2.75, 3.05) is 12.4 Å². The number of aromatic nitrogens is 2. The Labute approximate surface area is 106 Å². The Morgan fingerprint density at radius 1 is 1.50 bits per heavy atom. The summed E-state index contributed by atoms with van der Waals surface area (Å²) in [4.78, 5) is 27.3. The first-order chi connectivity index (χ1) is 8.45. The summed E-state index contributed by atoms with van der Waals surface area (Å²) in [5, 5.41) is 2.76. The lowest BCUT2D eigenvalue weighted by Gasteiger charge is -2.13.